The number of nitrogens with two attached hydrogens (primary N) is 1. The van der Waals surface area contributed by atoms with Gasteiger partial charge in [0.15, 0.2) is 0 Å². The number of thioether (sulfide) groups is 1. The van der Waals surface area contributed by atoms with Crippen molar-refractivity contribution in [3.63, 3.8) is 0 Å². The average Bonchev–Trinajstić information content (AvgIpc) is 2.30. The molecule has 0 aliphatic carbocycles. The molecular weight excluding hydrogens is 256 g/mol. The van der Waals surface area contributed by atoms with Gasteiger partial charge in [0.1, 0.15) is 12.1 Å². The third-order valence-electron chi connectivity index (χ3n) is 2.57. The Kier molecular flexibility index (Phi) is 8.78. The van der Waals surface area contributed by atoms with Gasteiger partial charge in [-0.3, -0.25) is 14.5 Å². The summed E-state index contributed by atoms with van der Waals surface area (Å²) < 4.78 is 0. The van der Waals surface area contributed by atoms with Gasteiger partial charge >= 0.3 is 11.9 Å². The Balaban J connectivity index is 4.12. The van der Waals surface area contributed by atoms with Gasteiger partial charge in [0.05, 0.1) is 0 Å². The zero-order valence-corrected chi connectivity index (χ0v) is 11.7. The highest BCUT2D eigenvalue weighted by molar-refractivity contribution is 7.99. The molecule has 7 heteroatoms. The Morgan fingerprint density at radius 2 is 1.89 bits per heavy atom. The van der Waals surface area contributed by atoms with Crippen molar-refractivity contribution in [3.05, 3.63) is 0 Å². The van der Waals surface area contributed by atoms with Gasteiger partial charge in [-0.05, 0) is 20.0 Å². The SMILES string of the molecule is CCCCN(C)C(CSCC(N)C(=O)O)C(=O)O. The number of likely N-dealkylation sites (N-methyl/N-ethyl adjacent to an activating group) is 1. The summed E-state index contributed by atoms with van der Waals surface area (Å²) in [7, 11) is 1.77. The van der Waals surface area contributed by atoms with Crippen LogP contribution in [0.2, 0.25) is 0 Å². The summed E-state index contributed by atoms with van der Waals surface area (Å²) in [6.45, 7) is 2.77. The summed E-state index contributed by atoms with van der Waals surface area (Å²) in [5.74, 6) is -1.38. The van der Waals surface area contributed by atoms with E-state index in [0.717, 1.165) is 19.4 Å². The van der Waals surface area contributed by atoms with Crippen molar-refractivity contribution in [3.8, 4) is 0 Å². The molecule has 0 aromatic rings. The maximum atomic E-state index is 11.1. The molecule has 2 atom stereocenters. The minimum Gasteiger partial charge on any atom is -0.480 e. The van der Waals surface area contributed by atoms with E-state index in [1.807, 2.05) is 6.92 Å². The fraction of sp³-hybridized carbons (Fsp3) is 0.818. The van der Waals surface area contributed by atoms with Crippen LogP contribution in [0.3, 0.4) is 0 Å². The molecule has 0 spiro atoms. The highest BCUT2D eigenvalue weighted by Gasteiger charge is 2.23. The Bertz CT molecular complexity index is 276. The third-order valence-corrected chi connectivity index (χ3v) is 3.72. The first kappa shape index (κ1) is 17.2. The van der Waals surface area contributed by atoms with Gasteiger partial charge in [-0.15, -0.1) is 0 Å². The fourth-order valence-corrected chi connectivity index (χ4v) is 2.48. The van der Waals surface area contributed by atoms with E-state index in [-0.39, 0.29) is 5.75 Å². The number of carboxylic acids is 2. The van der Waals surface area contributed by atoms with Gasteiger partial charge in [0.2, 0.25) is 0 Å². The molecule has 0 aromatic heterocycles. The normalized spacial score (nSPS) is 14.4. The molecule has 0 amide bonds. The van der Waals surface area contributed by atoms with Crippen LogP contribution in [0.1, 0.15) is 19.8 Å². The minimum atomic E-state index is -1.06. The van der Waals surface area contributed by atoms with Crippen LogP contribution in [0.5, 0.6) is 0 Å². The first-order valence-corrected chi connectivity index (χ1v) is 7.04. The smallest absolute Gasteiger partial charge is 0.321 e. The lowest BCUT2D eigenvalue weighted by molar-refractivity contribution is -0.142. The second-order valence-corrected chi connectivity index (χ2v) is 5.25. The van der Waals surface area contributed by atoms with Crippen molar-refractivity contribution >= 4 is 23.7 Å². The molecule has 0 aromatic carbocycles. The number of nitrogens with zero attached hydrogens (tertiary/aromatic N) is 1. The van der Waals surface area contributed by atoms with Crippen molar-refractivity contribution in [1.82, 2.24) is 4.90 Å². The molecule has 18 heavy (non-hydrogen) atoms. The first-order valence-electron chi connectivity index (χ1n) is 5.89. The Morgan fingerprint density at radius 3 is 2.33 bits per heavy atom. The zero-order chi connectivity index (χ0) is 14.1. The van der Waals surface area contributed by atoms with Crippen LogP contribution in [-0.2, 0) is 9.59 Å². The van der Waals surface area contributed by atoms with Crippen LogP contribution in [0.25, 0.3) is 0 Å². The molecular formula is C11H22N2O4S. The molecule has 6 nitrogen and oxygen atoms in total. The summed E-state index contributed by atoms with van der Waals surface area (Å²) in [4.78, 5) is 23.4. The number of carbonyl (C=O) groups is 2. The Morgan fingerprint density at radius 1 is 1.28 bits per heavy atom. The van der Waals surface area contributed by atoms with E-state index in [1.54, 1.807) is 11.9 Å². The molecule has 0 bridgehead atoms. The summed E-state index contributed by atoms with van der Waals surface area (Å²) in [5.41, 5.74) is 5.35. The van der Waals surface area contributed by atoms with Crippen LogP contribution in [0.15, 0.2) is 0 Å². The summed E-state index contributed by atoms with van der Waals surface area (Å²) in [5, 5.41) is 17.7. The van der Waals surface area contributed by atoms with E-state index in [2.05, 4.69) is 0 Å². The monoisotopic (exact) mass is 278 g/mol. The molecule has 4 N–H and O–H groups in total. The predicted molar refractivity (Wildman–Crippen MR) is 71.9 cm³/mol. The number of carboxylic acid groups (broad SMARTS) is 2. The van der Waals surface area contributed by atoms with E-state index in [1.165, 1.54) is 11.8 Å². The van der Waals surface area contributed by atoms with Crippen LogP contribution in [-0.4, -0.2) is 64.2 Å². The molecule has 0 radical (unpaired) electrons. The van der Waals surface area contributed by atoms with Gasteiger partial charge in [0.25, 0.3) is 0 Å². The lowest BCUT2D eigenvalue weighted by Crippen LogP contribution is -2.41. The summed E-state index contributed by atoms with van der Waals surface area (Å²) in [6, 6.07) is -1.53. The van der Waals surface area contributed by atoms with Crippen LogP contribution in [0, 0.1) is 0 Å². The molecule has 0 saturated carbocycles. The first-order chi connectivity index (χ1) is 8.40. The van der Waals surface area contributed by atoms with Crippen LogP contribution in [0.4, 0.5) is 0 Å². The number of aliphatic carboxylic acids is 2. The second kappa shape index (κ2) is 9.18. The highest BCUT2D eigenvalue weighted by Crippen LogP contribution is 2.10. The number of hydrogen-bond donors (Lipinski definition) is 3. The third kappa shape index (κ3) is 6.83. The van der Waals surface area contributed by atoms with Crippen molar-refractivity contribution in [1.29, 1.82) is 0 Å². The molecule has 0 rings (SSSR count). The van der Waals surface area contributed by atoms with Crippen molar-refractivity contribution in [2.45, 2.75) is 31.8 Å². The van der Waals surface area contributed by atoms with Gasteiger partial charge in [-0.2, -0.15) is 11.8 Å². The van der Waals surface area contributed by atoms with Crippen molar-refractivity contribution in [2.75, 3.05) is 25.1 Å². The standard InChI is InChI=1S/C11H22N2O4S/c1-3-4-5-13(2)9(11(16)17)7-18-6-8(12)10(14)15/h8-9H,3-7,12H2,1-2H3,(H,14,15)(H,16,17). The molecule has 0 saturated heterocycles. The second-order valence-electron chi connectivity index (χ2n) is 4.17. The van der Waals surface area contributed by atoms with E-state index < -0.39 is 24.0 Å². The van der Waals surface area contributed by atoms with Gasteiger partial charge in [-0.25, -0.2) is 0 Å². The van der Waals surface area contributed by atoms with Gasteiger partial charge in [0, 0.05) is 11.5 Å². The van der Waals surface area contributed by atoms with E-state index >= 15 is 0 Å². The van der Waals surface area contributed by atoms with E-state index in [4.69, 9.17) is 15.9 Å². The number of rotatable bonds is 10. The lowest BCUT2D eigenvalue weighted by atomic mass is 10.2. The quantitative estimate of drug-likeness (QED) is 0.528. The molecule has 0 heterocycles. The largest absolute Gasteiger partial charge is 0.480 e. The predicted octanol–water partition coefficient (Wildman–Crippen LogP) is 0.317. The lowest BCUT2D eigenvalue weighted by Gasteiger charge is -2.24. The Labute approximate surface area is 112 Å². The number of hydrogen-bond acceptors (Lipinski definition) is 5. The topological polar surface area (TPSA) is 104 Å². The highest BCUT2D eigenvalue weighted by atomic mass is 32.2. The average molecular weight is 278 g/mol. The van der Waals surface area contributed by atoms with Crippen molar-refractivity contribution < 1.29 is 19.8 Å². The molecule has 106 valence electrons. The zero-order valence-electron chi connectivity index (χ0n) is 10.8. The van der Waals surface area contributed by atoms with Crippen LogP contribution >= 0.6 is 11.8 Å². The summed E-state index contributed by atoms with van der Waals surface area (Å²) >= 11 is 1.26. The molecule has 0 aliphatic rings. The van der Waals surface area contributed by atoms with E-state index in [9.17, 15) is 9.59 Å². The fourth-order valence-electron chi connectivity index (χ4n) is 1.33. The van der Waals surface area contributed by atoms with Crippen LogP contribution < -0.4 is 5.73 Å². The molecule has 2 unspecified atom stereocenters. The summed E-state index contributed by atoms with van der Waals surface area (Å²) in [6.07, 6.45) is 1.95. The van der Waals surface area contributed by atoms with Gasteiger partial charge in [-0.1, -0.05) is 13.3 Å². The van der Waals surface area contributed by atoms with Gasteiger partial charge < -0.3 is 15.9 Å². The van der Waals surface area contributed by atoms with E-state index in [0.29, 0.717) is 5.75 Å². The molecule has 0 fully saturated rings. The molecule has 0 aliphatic heterocycles. The Hall–Kier alpha value is -0.790. The maximum absolute atomic E-state index is 11.1. The maximum Gasteiger partial charge on any atom is 0.321 e. The number of unbranched alkanes of at least 4 members (excludes halogenated alkanes) is 1. The minimum absolute atomic E-state index is 0.223. The van der Waals surface area contributed by atoms with Crippen molar-refractivity contribution in [2.24, 2.45) is 5.73 Å².